The summed E-state index contributed by atoms with van der Waals surface area (Å²) in [4.78, 5) is 22.7. The van der Waals surface area contributed by atoms with Crippen molar-refractivity contribution in [2.75, 3.05) is 11.1 Å². The minimum absolute atomic E-state index is 0.306. The lowest BCUT2D eigenvalue weighted by molar-refractivity contribution is 0.102. The Kier molecular flexibility index (Phi) is 3.38. The van der Waals surface area contributed by atoms with Crippen molar-refractivity contribution in [2.24, 2.45) is 0 Å². The maximum absolute atomic E-state index is 12.0. The van der Waals surface area contributed by atoms with E-state index in [-0.39, 0.29) is 5.91 Å². The molecule has 0 spiro atoms. The number of nitrogens with one attached hydrogen (secondary N) is 1. The fraction of sp³-hybridized carbons (Fsp3) is 0. The second-order valence-corrected chi connectivity index (χ2v) is 3.69. The topological polar surface area (TPSA) is 72.2 Å². The van der Waals surface area contributed by atoms with E-state index >= 15 is 0 Å². The Morgan fingerprint density at radius 1 is 1.06 bits per heavy atom. The molecule has 0 aliphatic heterocycles. The molecule has 0 atom stereocenters. The van der Waals surface area contributed by atoms with Gasteiger partial charge >= 0.3 is 0 Å². The van der Waals surface area contributed by atoms with Crippen LogP contribution >= 0.6 is 0 Å². The maximum atomic E-state index is 12.0. The number of rotatable bonds is 3. The van der Waals surface area contributed by atoms with E-state index in [0.717, 1.165) is 0 Å². The van der Waals surface area contributed by atoms with Crippen molar-refractivity contribution >= 4 is 23.6 Å². The van der Waals surface area contributed by atoms with Gasteiger partial charge in [-0.15, -0.1) is 0 Å². The van der Waals surface area contributed by atoms with Gasteiger partial charge in [0.05, 0.1) is 11.3 Å². The number of para-hydroxylation sites is 2. The third-order valence-electron chi connectivity index (χ3n) is 2.49. The minimum Gasteiger partial charge on any atom is -0.398 e. The van der Waals surface area contributed by atoms with E-state index in [2.05, 4.69) is 5.32 Å². The second kappa shape index (κ2) is 5.14. The highest BCUT2D eigenvalue weighted by Crippen LogP contribution is 2.16. The van der Waals surface area contributed by atoms with Crippen LogP contribution in [0.1, 0.15) is 15.9 Å². The molecule has 4 heteroatoms. The smallest absolute Gasteiger partial charge is 0.257 e. The van der Waals surface area contributed by atoms with Crippen LogP contribution in [-0.2, 0) is 4.79 Å². The van der Waals surface area contributed by atoms with Gasteiger partial charge in [-0.3, -0.25) is 9.59 Å². The second-order valence-electron chi connectivity index (χ2n) is 3.69. The van der Waals surface area contributed by atoms with Crippen molar-refractivity contribution in [3.63, 3.8) is 0 Å². The molecule has 0 unspecified atom stereocenters. The number of amides is 1. The molecule has 1 radical (unpaired) electrons. The maximum Gasteiger partial charge on any atom is 0.257 e. The molecule has 4 nitrogen and oxygen atoms in total. The number of benzene rings is 2. The lowest BCUT2D eigenvalue weighted by Crippen LogP contribution is -2.14. The Morgan fingerprint density at radius 3 is 2.44 bits per heavy atom. The standard InChI is InChI=1S/C14H11N2O2/c15-12-7-3-2-6-11(12)14(18)16-13-8-4-1-5-10(13)9-17/h1-8H,15H2,(H,16,18). The van der Waals surface area contributed by atoms with Crippen LogP contribution in [0.2, 0.25) is 0 Å². The zero-order chi connectivity index (χ0) is 13.0. The molecule has 0 aliphatic carbocycles. The Hall–Kier alpha value is -2.62. The highest BCUT2D eigenvalue weighted by atomic mass is 16.1. The van der Waals surface area contributed by atoms with Crippen molar-refractivity contribution in [3.05, 3.63) is 59.7 Å². The number of carbonyl (C=O) groups is 1. The van der Waals surface area contributed by atoms with Crippen LogP contribution in [0.15, 0.2) is 48.5 Å². The number of nitrogen functional groups attached to an aromatic ring is 1. The van der Waals surface area contributed by atoms with Gasteiger partial charge in [0.2, 0.25) is 6.29 Å². The summed E-state index contributed by atoms with van der Waals surface area (Å²) in [5.74, 6) is -0.351. The van der Waals surface area contributed by atoms with E-state index in [0.29, 0.717) is 22.5 Å². The average molecular weight is 239 g/mol. The van der Waals surface area contributed by atoms with Crippen LogP contribution in [0.5, 0.6) is 0 Å². The highest BCUT2D eigenvalue weighted by Gasteiger charge is 2.10. The Bertz CT molecular complexity index is 594. The van der Waals surface area contributed by atoms with E-state index in [1.54, 1.807) is 54.8 Å². The first-order chi connectivity index (χ1) is 8.72. The summed E-state index contributed by atoms with van der Waals surface area (Å²) in [6.07, 6.45) is 1.77. The summed E-state index contributed by atoms with van der Waals surface area (Å²) in [5, 5.41) is 2.64. The molecule has 0 aliphatic rings. The Labute approximate surface area is 104 Å². The number of hydrogen-bond donors (Lipinski definition) is 2. The van der Waals surface area contributed by atoms with Gasteiger partial charge in [-0.2, -0.15) is 0 Å². The third-order valence-corrected chi connectivity index (χ3v) is 2.49. The molecule has 0 aromatic heterocycles. The summed E-state index contributed by atoms with van der Waals surface area (Å²) < 4.78 is 0. The molecule has 3 N–H and O–H groups in total. The lowest BCUT2D eigenvalue weighted by atomic mass is 10.1. The van der Waals surface area contributed by atoms with E-state index in [1.807, 2.05) is 0 Å². The van der Waals surface area contributed by atoms with Crippen molar-refractivity contribution in [3.8, 4) is 0 Å². The van der Waals surface area contributed by atoms with Crippen LogP contribution in [0.4, 0.5) is 11.4 Å². The lowest BCUT2D eigenvalue weighted by Gasteiger charge is -2.08. The Morgan fingerprint density at radius 2 is 1.72 bits per heavy atom. The Balaban J connectivity index is 2.27. The molecular formula is C14H11N2O2. The first kappa shape index (κ1) is 11.9. The number of hydrogen-bond acceptors (Lipinski definition) is 3. The number of nitrogens with two attached hydrogens (primary N) is 1. The quantitative estimate of drug-likeness (QED) is 0.804. The fourth-order valence-corrected chi connectivity index (χ4v) is 1.57. The zero-order valence-corrected chi connectivity index (χ0v) is 9.51. The van der Waals surface area contributed by atoms with E-state index in [9.17, 15) is 9.59 Å². The molecular weight excluding hydrogens is 228 g/mol. The summed E-state index contributed by atoms with van der Waals surface area (Å²) in [6.45, 7) is 0. The molecule has 18 heavy (non-hydrogen) atoms. The minimum atomic E-state index is -0.351. The summed E-state index contributed by atoms with van der Waals surface area (Å²) in [6, 6.07) is 13.4. The zero-order valence-electron chi connectivity index (χ0n) is 9.51. The SMILES string of the molecule is Nc1ccccc1C(=O)Nc1ccccc1[C]=O. The third kappa shape index (κ3) is 2.38. The first-order valence-corrected chi connectivity index (χ1v) is 5.35. The van der Waals surface area contributed by atoms with E-state index in [1.165, 1.54) is 0 Å². The molecule has 0 fully saturated rings. The van der Waals surface area contributed by atoms with Crippen LogP contribution in [0.25, 0.3) is 0 Å². The first-order valence-electron chi connectivity index (χ1n) is 5.35. The normalized spacial score (nSPS) is 9.78. The van der Waals surface area contributed by atoms with Gasteiger partial charge in [-0.1, -0.05) is 24.3 Å². The van der Waals surface area contributed by atoms with Gasteiger partial charge in [0.25, 0.3) is 5.91 Å². The van der Waals surface area contributed by atoms with Gasteiger partial charge in [-0.25, -0.2) is 0 Å². The largest absolute Gasteiger partial charge is 0.398 e. The molecule has 2 aromatic carbocycles. The van der Waals surface area contributed by atoms with Crippen LogP contribution < -0.4 is 11.1 Å². The van der Waals surface area contributed by atoms with Crippen molar-refractivity contribution in [2.45, 2.75) is 0 Å². The monoisotopic (exact) mass is 239 g/mol. The van der Waals surface area contributed by atoms with Crippen molar-refractivity contribution in [1.82, 2.24) is 0 Å². The van der Waals surface area contributed by atoms with Gasteiger partial charge < -0.3 is 11.1 Å². The average Bonchev–Trinajstić information content (AvgIpc) is 2.39. The van der Waals surface area contributed by atoms with Crippen molar-refractivity contribution < 1.29 is 9.59 Å². The number of carbonyl (C=O) groups excluding carboxylic acids is 2. The molecule has 0 saturated heterocycles. The summed E-state index contributed by atoms with van der Waals surface area (Å²) >= 11 is 0. The highest BCUT2D eigenvalue weighted by molar-refractivity contribution is 6.09. The molecule has 0 heterocycles. The fourth-order valence-electron chi connectivity index (χ4n) is 1.57. The predicted octanol–water partition coefficient (Wildman–Crippen LogP) is 1.98. The van der Waals surface area contributed by atoms with E-state index in [4.69, 9.17) is 5.73 Å². The predicted molar refractivity (Wildman–Crippen MR) is 70.0 cm³/mol. The number of anilines is 2. The van der Waals surface area contributed by atoms with Gasteiger partial charge in [0.15, 0.2) is 0 Å². The molecule has 0 saturated carbocycles. The van der Waals surface area contributed by atoms with Gasteiger partial charge in [-0.05, 0) is 24.3 Å². The molecule has 2 rings (SSSR count). The van der Waals surface area contributed by atoms with Crippen LogP contribution in [0, 0.1) is 0 Å². The van der Waals surface area contributed by atoms with Crippen LogP contribution in [-0.4, -0.2) is 12.2 Å². The molecule has 2 aromatic rings. The summed E-state index contributed by atoms with van der Waals surface area (Å²) in [5.41, 5.74) is 7.20. The van der Waals surface area contributed by atoms with Gasteiger partial charge in [0, 0.05) is 11.3 Å². The van der Waals surface area contributed by atoms with Gasteiger partial charge in [0.1, 0.15) is 0 Å². The molecule has 1 amide bonds. The van der Waals surface area contributed by atoms with Crippen molar-refractivity contribution in [1.29, 1.82) is 0 Å². The molecule has 0 bridgehead atoms. The van der Waals surface area contributed by atoms with E-state index < -0.39 is 0 Å². The van der Waals surface area contributed by atoms with Crippen LogP contribution in [0.3, 0.4) is 0 Å². The molecule has 89 valence electrons. The summed E-state index contributed by atoms with van der Waals surface area (Å²) in [7, 11) is 0.